The number of carbonyl (C=O) groups is 2. The molecule has 0 aliphatic carbocycles. The number of rotatable bonds is 7. The highest BCUT2D eigenvalue weighted by molar-refractivity contribution is 7.09. The maximum atomic E-state index is 12.0. The molecule has 1 amide bonds. The number of benzene rings is 1. The Morgan fingerprint density at radius 1 is 1.39 bits per heavy atom. The van der Waals surface area contributed by atoms with Crippen molar-refractivity contribution in [2.75, 3.05) is 5.32 Å². The summed E-state index contributed by atoms with van der Waals surface area (Å²) in [7, 11) is 0. The van der Waals surface area contributed by atoms with Crippen LogP contribution in [0, 0.1) is 6.92 Å². The van der Waals surface area contributed by atoms with Gasteiger partial charge in [-0.2, -0.15) is 0 Å². The molecule has 1 heterocycles. The van der Waals surface area contributed by atoms with Crippen LogP contribution in [0.5, 0.6) is 0 Å². The van der Waals surface area contributed by atoms with E-state index in [1.165, 1.54) is 0 Å². The Hall–Kier alpha value is -2.21. The fourth-order valence-corrected chi connectivity index (χ4v) is 2.85. The molecule has 2 aromatic rings. The van der Waals surface area contributed by atoms with E-state index in [0.717, 1.165) is 23.5 Å². The van der Waals surface area contributed by atoms with Crippen molar-refractivity contribution in [3.63, 3.8) is 0 Å². The highest BCUT2D eigenvalue weighted by Gasteiger charge is 2.14. The highest BCUT2D eigenvalue weighted by atomic mass is 32.1. The van der Waals surface area contributed by atoms with Gasteiger partial charge in [-0.15, -0.1) is 11.3 Å². The molecule has 0 saturated heterocycles. The predicted octanol–water partition coefficient (Wildman–Crippen LogP) is 3.60. The molecular weight excluding hydrogens is 312 g/mol. The number of nitrogens with zero attached hydrogens (tertiary/aromatic N) is 1. The molecule has 1 aromatic carbocycles. The first kappa shape index (κ1) is 17.1. The smallest absolute Gasteiger partial charge is 0.310 e. The summed E-state index contributed by atoms with van der Waals surface area (Å²) >= 11 is 1.61. The summed E-state index contributed by atoms with van der Waals surface area (Å²) in [6, 6.07) is 6.97. The minimum atomic E-state index is -0.882. The largest absolute Gasteiger partial charge is 0.481 e. The number of carbonyl (C=O) groups excluding carboxylic acids is 1. The number of carboxylic acids is 1. The van der Waals surface area contributed by atoms with E-state index in [1.54, 1.807) is 42.5 Å². The Balaban J connectivity index is 1.85. The Morgan fingerprint density at radius 3 is 2.83 bits per heavy atom. The zero-order valence-corrected chi connectivity index (χ0v) is 14.0. The summed E-state index contributed by atoms with van der Waals surface area (Å²) in [6.45, 7) is 3.59. The number of hydrogen-bond donors (Lipinski definition) is 2. The number of thiazole rings is 1. The van der Waals surface area contributed by atoms with Gasteiger partial charge in [0.1, 0.15) is 0 Å². The molecule has 5 nitrogen and oxygen atoms in total. The van der Waals surface area contributed by atoms with Gasteiger partial charge in [0.25, 0.3) is 0 Å². The normalized spacial score (nSPS) is 11.9. The van der Waals surface area contributed by atoms with E-state index in [-0.39, 0.29) is 5.91 Å². The van der Waals surface area contributed by atoms with Gasteiger partial charge < -0.3 is 10.4 Å². The molecule has 0 aliphatic rings. The van der Waals surface area contributed by atoms with E-state index in [2.05, 4.69) is 10.3 Å². The van der Waals surface area contributed by atoms with Gasteiger partial charge in [0, 0.05) is 17.5 Å². The first-order valence-corrected chi connectivity index (χ1v) is 8.37. The van der Waals surface area contributed by atoms with Gasteiger partial charge >= 0.3 is 5.97 Å². The lowest BCUT2D eigenvalue weighted by Gasteiger charge is -2.10. The van der Waals surface area contributed by atoms with Crippen LogP contribution in [0.15, 0.2) is 29.6 Å². The summed E-state index contributed by atoms with van der Waals surface area (Å²) in [4.78, 5) is 27.4. The maximum Gasteiger partial charge on any atom is 0.310 e. The zero-order chi connectivity index (χ0) is 16.8. The lowest BCUT2D eigenvalue weighted by molar-refractivity contribution is -0.138. The van der Waals surface area contributed by atoms with Gasteiger partial charge in [-0.1, -0.05) is 12.1 Å². The van der Waals surface area contributed by atoms with Crippen LogP contribution in [0.1, 0.15) is 41.9 Å². The van der Waals surface area contributed by atoms with Gasteiger partial charge in [0.2, 0.25) is 5.91 Å². The van der Waals surface area contributed by atoms with Crippen molar-refractivity contribution in [3.05, 3.63) is 45.9 Å². The van der Waals surface area contributed by atoms with Gasteiger partial charge in [0.05, 0.1) is 16.6 Å². The van der Waals surface area contributed by atoms with E-state index >= 15 is 0 Å². The number of amides is 1. The molecule has 0 bridgehead atoms. The van der Waals surface area contributed by atoms with Crippen molar-refractivity contribution in [1.29, 1.82) is 0 Å². The molecule has 122 valence electrons. The fraction of sp³-hybridized carbons (Fsp3) is 0.353. The third-order valence-electron chi connectivity index (χ3n) is 3.54. The topological polar surface area (TPSA) is 79.3 Å². The molecule has 23 heavy (non-hydrogen) atoms. The molecule has 1 unspecified atom stereocenters. The van der Waals surface area contributed by atoms with Gasteiger partial charge in [0.15, 0.2) is 0 Å². The molecule has 1 atom stereocenters. The summed E-state index contributed by atoms with van der Waals surface area (Å²) in [5.41, 5.74) is 2.33. The summed E-state index contributed by atoms with van der Waals surface area (Å²) < 4.78 is 0. The number of anilines is 1. The minimum Gasteiger partial charge on any atom is -0.481 e. The third kappa shape index (κ3) is 5.17. The van der Waals surface area contributed by atoms with Gasteiger partial charge in [-0.05, 0) is 44.4 Å². The average molecular weight is 332 g/mol. The van der Waals surface area contributed by atoms with Crippen LogP contribution in [0.4, 0.5) is 5.69 Å². The standard InChI is InChI=1S/C17H20N2O3S/c1-11(17(21)22)13-5-3-6-14(9-13)19-16(20)8-4-7-15-10-23-12(2)18-15/h3,5-6,9-11H,4,7-8H2,1-2H3,(H,19,20)(H,21,22). The quantitative estimate of drug-likeness (QED) is 0.812. The van der Waals surface area contributed by atoms with Crippen LogP contribution in [0.2, 0.25) is 0 Å². The first-order valence-electron chi connectivity index (χ1n) is 7.49. The van der Waals surface area contributed by atoms with Crippen molar-refractivity contribution >= 4 is 28.9 Å². The molecule has 0 radical (unpaired) electrons. The number of carboxylic acid groups (broad SMARTS) is 1. The van der Waals surface area contributed by atoms with Crippen LogP contribution in [0.3, 0.4) is 0 Å². The molecule has 0 saturated carbocycles. The monoisotopic (exact) mass is 332 g/mol. The number of aromatic nitrogens is 1. The second kappa shape index (κ2) is 7.87. The average Bonchev–Trinajstić information content (AvgIpc) is 2.92. The van der Waals surface area contributed by atoms with Gasteiger partial charge in [-0.3, -0.25) is 9.59 Å². The van der Waals surface area contributed by atoms with E-state index in [0.29, 0.717) is 17.7 Å². The van der Waals surface area contributed by atoms with E-state index < -0.39 is 11.9 Å². The van der Waals surface area contributed by atoms with Crippen molar-refractivity contribution in [3.8, 4) is 0 Å². The van der Waals surface area contributed by atoms with E-state index in [1.807, 2.05) is 12.3 Å². The number of nitrogens with one attached hydrogen (secondary N) is 1. The molecule has 0 spiro atoms. The van der Waals surface area contributed by atoms with Crippen LogP contribution < -0.4 is 5.32 Å². The fourth-order valence-electron chi connectivity index (χ4n) is 2.20. The minimum absolute atomic E-state index is 0.0721. The Bertz CT molecular complexity index is 697. The third-order valence-corrected chi connectivity index (χ3v) is 4.37. The molecule has 2 rings (SSSR count). The summed E-state index contributed by atoms with van der Waals surface area (Å²) in [6.07, 6.45) is 1.93. The molecule has 1 aromatic heterocycles. The zero-order valence-electron chi connectivity index (χ0n) is 13.2. The first-order chi connectivity index (χ1) is 11.0. The highest BCUT2D eigenvalue weighted by Crippen LogP contribution is 2.20. The molecular formula is C17H20N2O3S. The second-order valence-corrected chi connectivity index (χ2v) is 6.51. The molecule has 6 heteroatoms. The van der Waals surface area contributed by atoms with Crippen LogP contribution in [-0.4, -0.2) is 22.0 Å². The van der Waals surface area contributed by atoms with Crippen molar-refractivity contribution in [1.82, 2.24) is 4.98 Å². The molecule has 2 N–H and O–H groups in total. The second-order valence-electron chi connectivity index (χ2n) is 5.44. The Kier molecular flexibility index (Phi) is 5.87. The maximum absolute atomic E-state index is 12.0. The lowest BCUT2D eigenvalue weighted by Crippen LogP contribution is -2.13. The predicted molar refractivity (Wildman–Crippen MR) is 90.9 cm³/mol. The number of aliphatic carboxylic acids is 1. The Morgan fingerprint density at radius 2 is 2.17 bits per heavy atom. The Labute approximate surface area is 139 Å². The molecule has 0 fully saturated rings. The van der Waals surface area contributed by atoms with E-state index in [4.69, 9.17) is 5.11 Å². The molecule has 0 aliphatic heterocycles. The van der Waals surface area contributed by atoms with Crippen molar-refractivity contribution < 1.29 is 14.7 Å². The summed E-state index contributed by atoms with van der Waals surface area (Å²) in [5, 5.41) is 14.9. The van der Waals surface area contributed by atoms with E-state index in [9.17, 15) is 9.59 Å². The SMILES string of the molecule is Cc1nc(CCCC(=O)Nc2cccc(C(C)C(=O)O)c2)cs1. The van der Waals surface area contributed by atoms with Crippen molar-refractivity contribution in [2.45, 2.75) is 39.0 Å². The lowest BCUT2D eigenvalue weighted by atomic mass is 10.0. The summed E-state index contributed by atoms with van der Waals surface area (Å²) in [5.74, 6) is -1.55. The van der Waals surface area contributed by atoms with Crippen LogP contribution in [-0.2, 0) is 16.0 Å². The van der Waals surface area contributed by atoms with Crippen LogP contribution in [0.25, 0.3) is 0 Å². The van der Waals surface area contributed by atoms with Gasteiger partial charge in [-0.25, -0.2) is 4.98 Å². The van der Waals surface area contributed by atoms with Crippen LogP contribution >= 0.6 is 11.3 Å². The number of hydrogen-bond acceptors (Lipinski definition) is 4. The number of aryl methyl sites for hydroxylation is 2. The van der Waals surface area contributed by atoms with Crippen molar-refractivity contribution in [2.24, 2.45) is 0 Å².